The van der Waals surface area contributed by atoms with Crippen molar-refractivity contribution in [2.45, 2.75) is 25.0 Å². The lowest BCUT2D eigenvalue weighted by Crippen LogP contribution is -2.39. The first-order valence-electron chi connectivity index (χ1n) is 9.38. The fourth-order valence-electron chi connectivity index (χ4n) is 2.94. The van der Waals surface area contributed by atoms with Gasteiger partial charge in [0.2, 0.25) is 5.28 Å². The fourth-order valence-corrected chi connectivity index (χ4v) is 3.45. The van der Waals surface area contributed by atoms with E-state index in [4.69, 9.17) is 30.9 Å². The Kier molecular flexibility index (Phi) is 8.15. The molecule has 0 saturated carbocycles. The van der Waals surface area contributed by atoms with E-state index in [-0.39, 0.29) is 17.5 Å². The van der Waals surface area contributed by atoms with Crippen LogP contribution in [0.3, 0.4) is 0 Å². The van der Waals surface area contributed by atoms with Crippen LogP contribution in [0.15, 0.2) is 36.7 Å². The van der Waals surface area contributed by atoms with Gasteiger partial charge in [-0.1, -0.05) is 30.3 Å². The summed E-state index contributed by atoms with van der Waals surface area (Å²) in [6.07, 6.45) is -3.79. The molecule has 0 saturated heterocycles. The molecule has 32 heavy (non-hydrogen) atoms. The highest BCUT2D eigenvalue weighted by Crippen LogP contribution is 2.34. The van der Waals surface area contributed by atoms with E-state index in [1.807, 2.05) is 30.3 Å². The minimum absolute atomic E-state index is 0.0928. The predicted molar refractivity (Wildman–Crippen MR) is 115 cm³/mol. The largest absolute Gasteiger partial charge is 0.386 e. The molecule has 3 atom stereocenters. The summed E-state index contributed by atoms with van der Waals surface area (Å²) in [5.41, 5.74) is 1.49. The van der Waals surface area contributed by atoms with E-state index in [2.05, 4.69) is 20.3 Å². The number of benzene rings is 1. The number of anilines is 1. The molecule has 2 heterocycles. The Balaban J connectivity index is 1.78. The highest BCUT2D eigenvalue weighted by molar-refractivity contribution is 7.51. The Labute approximate surface area is 188 Å². The molecule has 0 aliphatic rings. The molecule has 3 rings (SSSR count). The second kappa shape index (κ2) is 10.6. The summed E-state index contributed by atoms with van der Waals surface area (Å²) in [5, 5.41) is 24.3. The van der Waals surface area contributed by atoms with Crippen molar-refractivity contribution < 1.29 is 34.0 Å². The summed E-state index contributed by atoms with van der Waals surface area (Å²) in [6, 6.07) is 9.59. The monoisotopic (exact) mass is 487 g/mol. The van der Waals surface area contributed by atoms with Crippen molar-refractivity contribution in [3.8, 4) is 0 Å². The second-order valence-electron chi connectivity index (χ2n) is 6.85. The van der Waals surface area contributed by atoms with Crippen LogP contribution < -0.4 is 5.32 Å². The summed E-state index contributed by atoms with van der Waals surface area (Å²) in [5.74, 6) is 0.345. The third kappa shape index (κ3) is 6.21. The van der Waals surface area contributed by atoms with Crippen molar-refractivity contribution in [3.63, 3.8) is 0 Å². The number of aliphatic hydroxyl groups excluding tert-OH is 2. The first-order valence-corrected chi connectivity index (χ1v) is 11.6. The van der Waals surface area contributed by atoms with E-state index >= 15 is 0 Å². The Morgan fingerprint density at radius 1 is 1.22 bits per heavy atom. The SMILES string of the molecule is CO[C@H](COCP(=O)(O)O)[C@@H](O)[C@@H](O)n1cnc2c(NCc3ccccc3)nc(Cl)nc21. The molecule has 12 nitrogen and oxygen atoms in total. The molecule has 0 aliphatic carbocycles. The molecular formula is C18H23ClN5O7P. The number of aliphatic hydroxyl groups is 2. The van der Waals surface area contributed by atoms with Gasteiger partial charge in [-0.05, 0) is 17.2 Å². The van der Waals surface area contributed by atoms with Crippen molar-refractivity contribution in [2.75, 3.05) is 25.4 Å². The van der Waals surface area contributed by atoms with E-state index in [1.165, 1.54) is 18.0 Å². The number of halogens is 1. The molecule has 0 radical (unpaired) electrons. The van der Waals surface area contributed by atoms with Crippen molar-refractivity contribution in [3.05, 3.63) is 47.5 Å². The first-order chi connectivity index (χ1) is 15.2. The third-order valence-corrected chi connectivity index (χ3v) is 5.20. The maximum absolute atomic E-state index is 10.9. The average Bonchev–Trinajstić information content (AvgIpc) is 3.18. The van der Waals surface area contributed by atoms with E-state index in [0.717, 1.165) is 5.56 Å². The van der Waals surface area contributed by atoms with Crippen molar-refractivity contribution in [2.24, 2.45) is 0 Å². The lowest BCUT2D eigenvalue weighted by atomic mass is 10.2. The zero-order valence-electron chi connectivity index (χ0n) is 16.9. The summed E-state index contributed by atoms with van der Waals surface area (Å²) < 4.78 is 22.1. The quantitative estimate of drug-likeness (QED) is 0.194. The van der Waals surface area contributed by atoms with Crippen LogP contribution in [0, 0.1) is 0 Å². The number of nitrogens with zero attached hydrogens (tertiary/aromatic N) is 4. The molecule has 3 aromatic rings. The molecule has 0 amide bonds. The Hall–Kier alpha value is -2.15. The minimum Gasteiger partial charge on any atom is -0.386 e. The zero-order valence-corrected chi connectivity index (χ0v) is 18.6. The number of fused-ring (bicyclic) bond motifs is 1. The van der Waals surface area contributed by atoms with Gasteiger partial charge in [-0.15, -0.1) is 0 Å². The van der Waals surface area contributed by atoms with Crippen LogP contribution in [0.1, 0.15) is 11.8 Å². The highest BCUT2D eigenvalue weighted by Gasteiger charge is 2.30. The summed E-state index contributed by atoms with van der Waals surface area (Å²) >= 11 is 6.05. The Bertz CT molecular complexity index is 1080. The normalized spacial score (nSPS) is 14.9. The predicted octanol–water partition coefficient (Wildman–Crippen LogP) is 1.11. The second-order valence-corrected chi connectivity index (χ2v) is 8.77. The van der Waals surface area contributed by atoms with Crippen LogP contribution in [0.25, 0.3) is 11.2 Å². The molecule has 0 fully saturated rings. The van der Waals surface area contributed by atoms with Crippen LogP contribution in [0.4, 0.5) is 5.82 Å². The third-order valence-electron chi connectivity index (χ3n) is 4.51. The number of ether oxygens (including phenoxy) is 2. The van der Waals surface area contributed by atoms with Gasteiger partial charge in [0.25, 0.3) is 0 Å². The maximum Gasteiger partial charge on any atom is 0.350 e. The van der Waals surface area contributed by atoms with Crippen LogP contribution in [0.5, 0.6) is 0 Å². The Morgan fingerprint density at radius 3 is 2.59 bits per heavy atom. The summed E-state index contributed by atoms with van der Waals surface area (Å²) in [4.78, 5) is 30.2. The fraction of sp³-hybridized carbons (Fsp3) is 0.389. The first kappa shape index (κ1) is 24.5. The average molecular weight is 488 g/mol. The molecule has 5 N–H and O–H groups in total. The summed E-state index contributed by atoms with van der Waals surface area (Å²) in [6.45, 7) is 0.0794. The zero-order chi connectivity index (χ0) is 23.3. The smallest absolute Gasteiger partial charge is 0.350 e. The van der Waals surface area contributed by atoms with Gasteiger partial charge in [0.15, 0.2) is 23.2 Å². The highest BCUT2D eigenvalue weighted by atomic mass is 35.5. The maximum atomic E-state index is 10.9. The number of methoxy groups -OCH3 is 1. The topological polar surface area (TPSA) is 172 Å². The van der Waals surface area contributed by atoms with Gasteiger partial charge in [-0.25, -0.2) is 4.98 Å². The van der Waals surface area contributed by atoms with E-state index in [1.54, 1.807) is 0 Å². The summed E-state index contributed by atoms with van der Waals surface area (Å²) in [7, 11) is -3.12. The molecule has 2 aromatic heterocycles. The van der Waals surface area contributed by atoms with Crippen LogP contribution >= 0.6 is 19.2 Å². The van der Waals surface area contributed by atoms with Crippen molar-refractivity contribution >= 4 is 36.2 Å². The molecule has 14 heteroatoms. The lowest BCUT2D eigenvalue weighted by Gasteiger charge is -2.26. The van der Waals surface area contributed by atoms with Gasteiger partial charge in [0, 0.05) is 13.7 Å². The minimum atomic E-state index is -4.38. The van der Waals surface area contributed by atoms with Crippen molar-refractivity contribution in [1.82, 2.24) is 19.5 Å². The van der Waals surface area contributed by atoms with Gasteiger partial charge in [0.1, 0.15) is 18.6 Å². The number of hydrogen-bond donors (Lipinski definition) is 5. The Morgan fingerprint density at radius 2 is 1.94 bits per heavy atom. The van der Waals surface area contributed by atoms with Gasteiger partial charge in [0.05, 0.1) is 12.9 Å². The van der Waals surface area contributed by atoms with Crippen LogP contribution in [-0.2, 0) is 20.6 Å². The van der Waals surface area contributed by atoms with Crippen LogP contribution in [0.2, 0.25) is 5.28 Å². The number of rotatable bonds is 11. The molecule has 174 valence electrons. The van der Waals surface area contributed by atoms with Gasteiger partial charge in [-0.2, -0.15) is 9.97 Å². The number of hydrogen-bond acceptors (Lipinski definition) is 9. The molecule has 0 spiro atoms. The van der Waals surface area contributed by atoms with Gasteiger partial charge in [-0.3, -0.25) is 9.13 Å². The number of aromatic nitrogens is 4. The van der Waals surface area contributed by atoms with Crippen LogP contribution in [-0.4, -0.2) is 71.8 Å². The standard InChI is InChI=1S/C18H23ClN5O7P/c1-30-12(8-31-10-32(27,28)29)14(25)17(26)24-9-21-13-15(22-18(19)23-16(13)24)20-7-11-5-3-2-4-6-11/h2-6,9,12,14,17,25-26H,7-8,10H2,1H3,(H,20,22,23)(H2,27,28,29)/t12-,14-,17-/m1/s1. The molecule has 0 unspecified atom stereocenters. The molecule has 1 aromatic carbocycles. The van der Waals surface area contributed by atoms with Crippen molar-refractivity contribution in [1.29, 1.82) is 0 Å². The van der Waals surface area contributed by atoms with E-state index in [9.17, 15) is 14.8 Å². The van der Waals surface area contributed by atoms with Gasteiger partial charge >= 0.3 is 7.60 Å². The molecular weight excluding hydrogens is 465 g/mol. The van der Waals surface area contributed by atoms with E-state index in [0.29, 0.717) is 17.9 Å². The molecule has 0 bridgehead atoms. The van der Waals surface area contributed by atoms with E-state index < -0.39 is 32.4 Å². The lowest BCUT2D eigenvalue weighted by molar-refractivity contribution is -0.122. The number of nitrogens with one attached hydrogen (secondary N) is 1. The number of imidazole rings is 1. The molecule has 0 aliphatic heterocycles. The van der Waals surface area contributed by atoms with Gasteiger partial charge < -0.3 is 34.8 Å².